The third kappa shape index (κ3) is 9.78. The Morgan fingerprint density at radius 2 is 1.41 bits per heavy atom. The van der Waals surface area contributed by atoms with Crippen LogP contribution >= 0.6 is 0 Å². The third-order valence-electron chi connectivity index (χ3n) is 8.96. The Morgan fingerprint density at radius 1 is 0.816 bits per heavy atom. The molecule has 264 valence electrons. The predicted molar refractivity (Wildman–Crippen MR) is 179 cm³/mol. The number of carboxylic acids is 1. The number of carbonyl (C=O) groups is 6. The Morgan fingerprint density at radius 3 is 2.02 bits per heavy atom. The highest BCUT2D eigenvalue weighted by Crippen LogP contribution is 2.22. The molecule has 4 rings (SSSR count). The van der Waals surface area contributed by atoms with Crippen molar-refractivity contribution in [1.82, 2.24) is 25.8 Å². The van der Waals surface area contributed by atoms with Gasteiger partial charge in [0.15, 0.2) is 0 Å². The van der Waals surface area contributed by atoms with Crippen molar-refractivity contribution in [3.8, 4) is 5.75 Å². The lowest BCUT2D eigenvalue weighted by Crippen LogP contribution is -2.58. The van der Waals surface area contributed by atoms with Gasteiger partial charge in [0.1, 0.15) is 29.9 Å². The lowest BCUT2D eigenvalue weighted by molar-refractivity contribution is -0.149. The van der Waals surface area contributed by atoms with Crippen LogP contribution in [0, 0.1) is 5.92 Å². The van der Waals surface area contributed by atoms with Crippen LogP contribution in [0.5, 0.6) is 5.75 Å². The number of nitrogens with one attached hydrogen (secondary N) is 3. The number of carboxylic acid groups (broad SMARTS) is 1. The molecule has 7 N–H and O–H groups in total. The first kappa shape index (κ1) is 36.8. The zero-order valence-corrected chi connectivity index (χ0v) is 27.8. The molecule has 2 heterocycles. The van der Waals surface area contributed by atoms with Gasteiger partial charge in [-0.3, -0.25) is 24.0 Å². The van der Waals surface area contributed by atoms with Gasteiger partial charge in [-0.25, -0.2) is 4.79 Å². The van der Waals surface area contributed by atoms with Crippen LogP contribution in [0.15, 0.2) is 54.6 Å². The van der Waals surface area contributed by atoms with Gasteiger partial charge in [0.25, 0.3) is 0 Å². The highest BCUT2D eigenvalue weighted by Gasteiger charge is 2.40. The molecular weight excluding hydrogens is 632 g/mol. The van der Waals surface area contributed by atoms with Gasteiger partial charge in [-0.15, -0.1) is 0 Å². The van der Waals surface area contributed by atoms with E-state index >= 15 is 0 Å². The Kier molecular flexibility index (Phi) is 12.7. The molecule has 2 aromatic carbocycles. The molecule has 0 bridgehead atoms. The number of aliphatic carboxylic acids is 1. The number of nitrogens with zero attached hydrogens (tertiary/aromatic N) is 2. The van der Waals surface area contributed by atoms with E-state index in [1.54, 1.807) is 50.2 Å². The Bertz CT molecular complexity index is 1500. The minimum atomic E-state index is -1.10. The zero-order valence-electron chi connectivity index (χ0n) is 27.8. The van der Waals surface area contributed by atoms with Gasteiger partial charge in [0.05, 0.1) is 12.6 Å². The van der Waals surface area contributed by atoms with Crippen LogP contribution in [0.1, 0.15) is 50.7 Å². The molecule has 2 aliphatic rings. The summed E-state index contributed by atoms with van der Waals surface area (Å²) < 4.78 is 0. The van der Waals surface area contributed by atoms with Gasteiger partial charge < -0.3 is 41.7 Å². The van der Waals surface area contributed by atoms with Crippen molar-refractivity contribution in [2.45, 2.75) is 82.6 Å². The Hall–Kier alpha value is -4.98. The highest BCUT2D eigenvalue weighted by atomic mass is 16.4. The van der Waals surface area contributed by atoms with Gasteiger partial charge in [-0.1, -0.05) is 56.3 Å². The smallest absolute Gasteiger partial charge is 0.326 e. The number of likely N-dealkylation sites (tertiary alicyclic amines) is 2. The minimum absolute atomic E-state index is 0.0904. The fraction of sp³-hybridized carbons (Fsp3) is 0.486. The standard InChI is InChI=1S/C35H46N6O8/c1-21(2)30(39-31(44)25(36)18-23-12-14-24(42)15-13-23)34(47)40-16-6-10-27(40)32(45)37-20-29(43)38-26(19-22-8-4-3-5-9-22)33(46)41-17-7-11-28(41)35(48)49/h3-5,8-9,12-15,21,25-28,30,42H,6-7,10-11,16-20,36H2,1-2H3,(H,37,45)(H,38,43)(H,39,44)(H,48,49)/t25-,26-,27-,28-,30-/m0/s1. The maximum absolute atomic E-state index is 13.7. The summed E-state index contributed by atoms with van der Waals surface area (Å²) in [5, 5.41) is 27.1. The average Bonchev–Trinajstić information content (AvgIpc) is 3.77. The summed E-state index contributed by atoms with van der Waals surface area (Å²) in [5.74, 6) is -3.99. The molecule has 0 saturated carbocycles. The van der Waals surface area contributed by atoms with E-state index in [1.165, 1.54) is 21.9 Å². The fourth-order valence-electron chi connectivity index (χ4n) is 6.30. The van der Waals surface area contributed by atoms with E-state index in [0.29, 0.717) is 25.7 Å². The highest BCUT2D eigenvalue weighted by molar-refractivity contribution is 5.96. The van der Waals surface area contributed by atoms with Crippen LogP contribution in [0.4, 0.5) is 0 Å². The number of carbonyl (C=O) groups excluding carboxylic acids is 5. The van der Waals surface area contributed by atoms with Crippen molar-refractivity contribution in [3.63, 3.8) is 0 Å². The van der Waals surface area contributed by atoms with E-state index in [4.69, 9.17) is 5.73 Å². The van der Waals surface area contributed by atoms with E-state index in [-0.39, 0.29) is 37.6 Å². The number of hydrogen-bond donors (Lipinski definition) is 6. The molecule has 0 radical (unpaired) electrons. The SMILES string of the molecule is CC(C)[C@H](NC(=O)[C@@H](N)Cc1ccc(O)cc1)C(=O)N1CCC[C@H]1C(=O)NCC(=O)N[C@@H](Cc1ccccc1)C(=O)N1CCC[C@H]1C(=O)O. The molecular formula is C35H46N6O8. The molecule has 49 heavy (non-hydrogen) atoms. The number of phenols is 1. The van der Waals surface area contributed by atoms with E-state index in [2.05, 4.69) is 16.0 Å². The second-order valence-electron chi connectivity index (χ2n) is 13.0. The molecule has 0 aromatic heterocycles. The van der Waals surface area contributed by atoms with Crippen molar-refractivity contribution >= 4 is 35.5 Å². The number of hydrogen-bond acceptors (Lipinski definition) is 8. The van der Waals surface area contributed by atoms with Crippen LogP contribution in [-0.2, 0) is 41.6 Å². The van der Waals surface area contributed by atoms with Crippen molar-refractivity contribution in [2.24, 2.45) is 11.7 Å². The molecule has 14 nitrogen and oxygen atoms in total. The minimum Gasteiger partial charge on any atom is -0.508 e. The van der Waals surface area contributed by atoms with Gasteiger partial charge in [-0.05, 0) is 61.3 Å². The maximum atomic E-state index is 13.7. The number of rotatable bonds is 14. The lowest BCUT2D eigenvalue weighted by atomic mass is 10.0. The zero-order chi connectivity index (χ0) is 35.7. The summed E-state index contributed by atoms with van der Waals surface area (Å²) in [7, 11) is 0. The topological polar surface area (TPSA) is 211 Å². The van der Waals surface area contributed by atoms with Gasteiger partial charge in [0, 0.05) is 19.5 Å². The second kappa shape index (κ2) is 16.9. The average molecular weight is 679 g/mol. The molecule has 2 aliphatic heterocycles. The van der Waals surface area contributed by atoms with Crippen LogP contribution < -0.4 is 21.7 Å². The third-order valence-corrected chi connectivity index (χ3v) is 8.96. The Balaban J connectivity index is 1.36. The van der Waals surface area contributed by atoms with Crippen molar-refractivity contribution in [1.29, 1.82) is 0 Å². The van der Waals surface area contributed by atoms with Crippen LogP contribution in [0.2, 0.25) is 0 Å². The molecule has 2 saturated heterocycles. The summed E-state index contributed by atoms with van der Waals surface area (Å²) in [4.78, 5) is 81.0. The van der Waals surface area contributed by atoms with Gasteiger partial charge in [0.2, 0.25) is 29.5 Å². The molecule has 5 amide bonds. The van der Waals surface area contributed by atoms with E-state index < -0.39 is 72.3 Å². The summed E-state index contributed by atoms with van der Waals surface area (Å²) in [5.41, 5.74) is 7.64. The first-order valence-corrected chi connectivity index (χ1v) is 16.6. The molecule has 0 aliphatic carbocycles. The first-order valence-electron chi connectivity index (χ1n) is 16.6. The summed E-state index contributed by atoms with van der Waals surface area (Å²) >= 11 is 0. The second-order valence-corrected chi connectivity index (χ2v) is 13.0. The number of amides is 5. The molecule has 14 heteroatoms. The summed E-state index contributed by atoms with van der Waals surface area (Å²) in [6.07, 6.45) is 2.09. The fourth-order valence-corrected chi connectivity index (χ4v) is 6.30. The van der Waals surface area contributed by atoms with Crippen molar-refractivity contribution in [3.05, 3.63) is 65.7 Å². The molecule has 0 spiro atoms. The van der Waals surface area contributed by atoms with Crippen molar-refractivity contribution in [2.75, 3.05) is 19.6 Å². The lowest BCUT2D eigenvalue weighted by Gasteiger charge is -2.31. The molecule has 2 aromatic rings. The Labute approximate surface area is 285 Å². The van der Waals surface area contributed by atoms with Crippen LogP contribution in [0.25, 0.3) is 0 Å². The number of benzene rings is 2. The van der Waals surface area contributed by atoms with E-state index in [9.17, 15) is 39.0 Å². The number of phenolic OH excluding ortho intramolecular Hbond substituents is 1. The van der Waals surface area contributed by atoms with E-state index in [1.807, 2.05) is 6.07 Å². The predicted octanol–water partition coefficient (Wildman–Crippen LogP) is 0.313. The van der Waals surface area contributed by atoms with E-state index in [0.717, 1.165) is 11.1 Å². The maximum Gasteiger partial charge on any atom is 0.326 e. The van der Waals surface area contributed by atoms with Gasteiger partial charge >= 0.3 is 5.97 Å². The monoisotopic (exact) mass is 678 g/mol. The molecule has 5 atom stereocenters. The quantitative estimate of drug-likeness (QED) is 0.162. The summed E-state index contributed by atoms with van der Waals surface area (Å²) in [6.45, 7) is 3.64. The van der Waals surface area contributed by atoms with Gasteiger partial charge in [-0.2, -0.15) is 0 Å². The molecule has 0 unspecified atom stereocenters. The normalized spacial score (nSPS) is 19.2. The number of nitrogens with two attached hydrogens (primary N) is 1. The number of aromatic hydroxyl groups is 1. The summed E-state index contributed by atoms with van der Waals surface area (Å²) in [6, 6.07) is 10.5. The largest absolute Gasteiger partial charge is 0.508 e. The van der Waals surface area contributed by atoms with Crippen molar-refractivity contribution < 1.29 is 39.0 Å². The molecule has 2 fully saturated rings. The van der Waals surface area contributed by atoms with Crippen LogP contribution in [-0.4, -0.2) is 105 Å². The first-order chi connectivity index (χ1) is 23.3. The van der Waals surface area contributed by atoms with Crippen LogP contribution in [0.3, 0.4) is 0 Å².